The van der Waals surface area contributed by atoms with Gasteiger partial charge in [-0.1, -0.05) is 38.1 Å². The largest absolute Gasteiger partial charge is 0.330 e. The van der Waals surface area contributed by atoms with Crippen LogP contribution in [0.4, 0.5) is 0 Å². The van der Waals surface area contributed by atoms with Crippen LogP contribution in [-0.4, -0.2) is 30.6 Å². The van der Waals surface area contributed by atoms with E-state index in [2.05, 4.69) is 43.0 Å². The Morgan fingerprint density at radius 3 is 2.95 bits per heavy atom. The Morgan fingerprint density at radius 1 is 1.37 bits per heavy atom. The Labute approximate surface area is 117 Å². The lowest BCUT2D eigenvalue weighted by Crippen LogP contribution is -2.58. The quantitative estimate of drug-likeness (QED) is 0.903. The highest BCUT2D eigenvalue weighted by molar-refractivity contribution is 5.39. The number of likely N-dealkylation sites (tertiary alicyclic amines) is 1. The smallest absolute Gasteiger partial charge is 0.0170 e. The van der Waals surface area contributed by atoms with Gasteiger partial charge in [-0.3, -0.25) is 4.90 Å². The molecule has 2 bridgehead atoms. The Morgan fingerprint density at radius 2 is 2.16 bits per heavy atom. The van der Waals surface area contributed by atoms with Crippen LogP contribution in [0.3, 0.4) is 0 Å². The van der Waals surface area contributed by atoms with Crippen molar-refractivity contribution in [1.82, 2.24) is 4.90 Å². The lowest BCUT2D eigenvalue weighted by atomic mass is 9.59. The first kappa shape index (κ1) is 13.1. The number of benzene rings is 1. The molecule has 1 fully saturated rings. The van der Waals surface area contributed by atoms with Gasteiger partial charge >= 0.3 is 0 Å². The van der Waals surface area contributed by atoms with Crippen LogP contribution in [0, 0.1) is 5.92 Å². The molecule has 104 valence electrons. The average molecular weight is 258 g/mol. The number of rotatable bonds is 3. The third-order valence-corrected chi connectivity index (χ3v) is 5.68. The van der Waals surface area contributed by atoms with Crippen molar-refractivity contribution in [2.24, 2.45) is 11.7 Å². The molecule has 1 aliphatic heterocycles. The van der Waals surface area contributed by atoms with Crippen LogP contribution in [0.15, 0.2) is 24.3 Å². The van der Waals surface area contributed by atoms with E-state index in [1.54, 1.807) is 11.1 Å². The maximum absolute atomic E-state index is 5.68. The number of nitrogens with two attached hydrogens (primary N) is 1. The maximum Gasteiger partial charge on any atom is 0.0170 e. The van der Waals surface area contributed by atoms with E-state index in [1.807, 2.05) is 0 Å². The van der Waals surface area contributed by atoms with E-state index >= 15 is 0 Å². The molecule has 0 saturated carbocycles. The molecule has 3 atom stereocenters. The number of hydrogen-bond acceptors (Lipinski definition) is 2. The molecule has 2 heteroatoms. The van der Waals surface area contributed by atoms with Gasteiger partial charge in [0.05, 0.1) is 0 Å². The lowest BCUT2D eigenvalue weighted by Gasteiger charge is -2.54. The minimum absolute atomic E-state index is 0.374. The van der Waals surface area contributed by atoms with Crippen LogP contribution in [0.25, 0.3) is 0 Å². The Bertz CT molecular complexity index is 456. The molecule has 1 saturated heterocycles. The Hall–Kier alpha value is -0.860. The van der Waals surface area contributed by atoms with Crippen molar-refractivity contribution in [3.63, 3.8) is 0 Å². The minimum Gasteiger partial charge on any atom is -0.330 e. The predicted octanol–water partition coefficient (Wildman–Crippen LogP) is 2.56. The number of hydrogen-bond donors (Lipinski definition) is 1. The van der Waals surface area contributed by atoms with Gasteiger partial charge in [-0.15, -0.1) is 0 Å². The highest BCUT2D eigenvalue weighted by Crippen LogP contribution is 2.48. The summed E-state index contributed by atoms with van der Waals surface area (Å²) >= 11 is 0. The van der Waals surface area contributed by atoms with E-state index in [0.29, 0.717) is 11.5 Å². The number of fused-ring (bicyclic) bond motifs is 4. The fourth-order valence-corrected chi connectivity index (χ4v) is 4.25. The molecule has 2 N–H and O–H groups in total. The molecular weight excluding hydrogens is 232 g/mol. The van der Waals surface area contributed by atoms with Crippen molar-refractivity contribution < 1.29 is 0 Å². The monoisotopic (exact) mass is 258 g/mol. The molecule has 1 aromatic rings. The molecule has 3 unspecified atom stereocenters. The van der Waals surface area contributed by atoms with E-state index in [-0.39, 0.29) is 0 Å². The second-order valence-corrected chi connectivity index (χ2v) is 6.56. The first-order valence-corrected chi connectivity index (χ1v) is 7.69. The van der Waals surface area contributed by atoms with Crippen LogP contribution < -0.4 is 5.73 Å². The zero-order valence-electron chi connectivity index (χ0n) is 12.2. The SMILES string of the molecule is CC1C2Cc3ccccc3C1(C)CCN2CCCN. The zero-order valence-corrected chi connectivity index (χ0v) is 12.2. The van der Waals surface area contributed by atoms with Crippen LogP contribution >= 0.6 is 0 Å². The molecular formula is C17H26N2. The molecule has 19 heavy (non-hydrogen) atoms. The van der Waals surface area contributed by atoms with Crippen LogP contribution in [0.2, 0.25) is 0 Å². The molecule has 0 aromatic heterocycles. The van der Waals surface area contributed by atoms with E-state index in [4.69, 9.17) is 5.73 Å². The predicted molar refractivity (Wildman–Crippen MR) is 80.3 cm³/mol. The van der Waals surface area contributed by atoms with Gasteiger partial charge < -0.3 is 5.73 Å². The number of nitrogens with zero attached hydrogens (tertiary/aromatic N) is 1. The van der Waals surface area contributed by atoms with Gasteiger partial charge in [-0.05, 0) is 61.4 Å². The van der Waals surface area contributed by atoms with Crippen LogP contribution in [0.5, 0.6) is 0 Å². The zero-order chi connectivity index (χ0) is 13.5. The summed E-state index contributed by atoms with van der Waals surface area (Å²) in [6.07, 6.45) is 3.63. The van der Waals surface area contributed by atoms with Crippen molar-refractivity contribution in [2.45, 2.75) is 44.6 Å². The van der Waals surface area contributed by atoms with Gasteiger partial charge in [0.2, 0.25) is 0 Å². The molecule has 3 rings (SSSR count). The molecule has 1 heterocycles. The fourth-order valence-electron chi connectivity index (χ4n) is 4.25. The second kappa shape index (κ2) is 4.92. The Kier molecular flexibility index (Phi) is 3.40. The first-order chi connectivity index (χ1) is 9.16. The first-order valence-electron chi connectivity index (χ1n) is 7.69. The van der Waals surface area contributed by atoms with Gasteiger partial charge in [0.1, 0.15) is 0 Å². The molecule has 1 aromatic carbocycles. The van der Waals surface area contributed by atoms with E-state index < -0.39 is 0 Å². The summed E-state index contributed by atoms with van der Waals surface area (Å²) in [7, 11) is 0. The normalized spacial score (nSPS) is 34.1. The summed E-state index contributed by atoms with van der Waals surface area (Å²) in [5.74, 6) is 0.744. The maximum atomic E-state index is 5.68. The standard InChI is InChI=1S/C17H26N2/c1-13-16-12-14-6-3-4-7-15(14)17(13,2)8-11-19(16)10-5-9-18/h3-4,6-7,13,16H,5,8-12,18H2,1-2H3. The summed E-state index contributed by atoms with van der Waals surface area (Å²) in [6, 6.07) is 9.80. The molecule has 1 aliphatic carbocycles. The Balaban J connectivity index is 1.93. The highest BCUT2D eigenvalue weighted by Gasteiger charge is 2.47. The van der Waals surface area contributed by atoms with Gasteiger partial charge in [-0.25, -0.2) is 0 Å². The van der Waals surface area contributed by atoms with Crippen LogP contribution in [0.1, 0.15) is 37.8 Å². The third-order valence-electron chi connectivity index (χ3n) is 5.68. The summed E-state index contributed by atoms with van der Waals surface area (Å²) in [4.78, 5) is 2.69. The molecule has 0 spiro atoms. The van der Waals surface area contributed by atoms with Crippen molar-refractivity contribution >= 4 is 0 Å². The van der Waals surface area contributed by atoms with Gasteiger partial charge in [0, 0.05) is 6.04 Å². The van der Waals surface area contributed by atoms with E-state index in [9.17, 15) is 0 Å². The minimum atomic E-state index is 0.374. The van der Waals surface area contributed by atoms with Crippen molar-refractivity contribution in [1.29, 1.82) is 0 Å². The van der Waals surface area contributed by atoms with Gasteiger partial charge in [0.15, 0.2) is 0 Å². The van der Waals surface area contributed by atoms with Crippen molar-refractivity contribution in [3.8, 4) is 0 Å². The van der Waals surface area contributed by atoms with E-state index in [0.717, 1.165) is 18.9 Å². The van der Waals surface area contributed by atoms with E-state index in [1.165, 1.54) is 25.9 Å². The van der Waals surface area contributed by atoms with Gasteiger partial charge in [-0.2, -0.15) is 0 Å². The summed E-state index contributed by atoms with van der Waals surface area (Å²) in [5, 5.41) is 0. The summed E-state index contributed by atoms with van der Waals surface area (Å²) in [5.41, 5.74) is 9.24. The molecule has 0 amide bonds. The molecule has 2 nitrogen and oxygen atoms in total. The fraction of sp³-hybridized carbons (Fsp3) is 0.647. The average Bonchev–Trinajstić information content (AvgIpc) is 2.42. The van der Waals surface area contributed by atoms with Crippen LogP contribution in [-0.2, 0) is 11.8 Å². The molecule has 0 radical (unpaired) electrons. The lowest BCUT2D eigenvalue weighted by molar-refractivity contribution is 0.0312. The van der Waals surface area contributed by atoms with Gasteiger partial charge in [0.25, 0.3) is 0 Å². The summed E-state index contributed by atoms with van der Waals surface area (Å²) in [6.45, 7) is 8.15. The number of piperidine rings is 1. The summed E-state index contributed by atoms with van der Waals surface area (Å²) < 4.78 is 0. The topological polar surface area (TPSA) is 29.3 Å². The third kappa shape index (κ3) is 2.02. The van der Waals surface area contributed by atoms with Crippen molar-refractivity contribution in [3.05, 3.63) is 35.4 Å². The van der Waals surface area contributed by atoms with Crippen molar-refractivity contribution in [2.75, 3.05) is 19.6 Å². The molecule has 2 aliphatic rings. The second-order valence-electron chi connectivity index (χ2n) is 6.56. The highest BCUT2D eigenvalue weighted by atomic mass is 15.2.